The molecule has 1 heterocycles. The van der Waals surface area contributed by atoms with Crippen molar-refractivity contribution >= 4 is 12.4 Å². The van der Waals surface area contributed by atoms with Gasteiger partial charge >= 0.3 is 0 Å². The third-order valence-corrected chi connectivity index (χ3v) is 2.41. The van der Waals surface area contributed by atoms with Crippen molar-refractivity contribution in [3.63, 3.8) is 0 Å². The van der Waals surface area contributed by atoms with Gasteiger partial charge in [-0.3, -0.25) is 0 Å². The van der Waals surface area contributed by atoms with Gasteiger partial charge in [0.05, 0.1) is 0 Å². The summed E-state index contributed by atoms with van der Waals surface area (Å²) in [5.41, 5.74) is 1.41. The molecule has 0 atom stereocenters. The lowest BCUT2D eigenvalue weighted by molar-refractivity contribution is 0.416. The van der Waals surface area contributed by atoms with Crippen molar-refractivity contribution in [1.82, 2.24) is 4.90 Å². The summed E-state index contributed by atoms with van der Waals surface area (Å²) < 4.78 is 0. The first-order valence-corrected chi connectivity index (χ1v) is 5.06. The molecule has 2 rings (SSSR count). The quantitative estimate of drug-likeness (QED) is 0.759. The van der Waals surface area contributed by atoms with Crippen LogP contribution in [0.4, 0.5) is 0 Å². The van der Waals surface area contributed by atoms with E-state index in [2.05, 4.69) is 59.7 Å². The molecule has 0 unspecified atom stereocenters. The standard InChI is InChI=1S/C13H15N.ClH/c1-3-7-13(8-4-1)9-12-14-10-5-2-6-11-14;/h1-8,10H,9,11-12H2;1H. The molecule has 0 aromatic heterocycles. The van der Waals surface area contributed by atoms with Crippen LogP contribution in [0.15, 0.2) is 54.8 Å². The molecule has 0 bridgehead atoms. The highest BCUT2D eigenvalue weighted by atomic mass is 35.5. The molecule has 1 nitrogen and oxygen atoms in total. The van der Waals surface area contributed by atoms with E-state index in [4.69, 9.17) is 0 Å². The maximum Gasteiger partial charge on any atom is 0.0357 e. The molecular formula is C13H16ClN. The molecule has 2 heteroatoms. The fourth-order valence-corrected chi connectivity index (χ4v) is 1.59. The van der Waals surface area contributed by atoms with Crippen LogP contribution in [0.5, 0.6) is 0 Å². The Bertz CT molecular complexity index is 330. The molecule has 1 aliphatic rings. The zero-order valence-electron chi connectivity index (χ0n) is 8.67. The van der Waals surface area contributed by atoms with Crippen LogP contribution in [0.25, 0.3) is 0 Å². The Morgan fingerprint density at radius 3 is 2.53 bits per heavy atom. The minimum Gasteiger partial charge on any atom is -0.373 e. The topological polar surface area (TPSA) is 3.24 Å². The fourth-order valence-electron chi connectivity index (χ4n) is 1.59. The van der Waals surface area contributed by atoms with Crippen LogP contribution in [-0.2, 0) is 6.42 Å². The number of halogens is 1. The first kappa shape index (κ1) is 11.9. The van der Waals surface area contributed by atoms with Gasteiger partial charge in [0.15, 0.2) is 0 Å². The van der Waals surface area contributed by atoms with E-state index in [1.54, 1.807) is 0 Å². The molecule has 1 aliphatic heterocycles. The number of allylic oxidation sites excluding steroid dienone is 2. The van der Waals surface area contributed by atoms with Gasteiger partial charge < -0.3 is 4.90 Å². The fraction of sp³-hybridized carbons (Fsp3) is 0.231. The van der Waals surface area contributed by atoms with Crippen LogP contribution >= 0.6 is 12.4 Å². The van der Waals surface area contributed by atoms with Crippen molar-refractivity contribution in [1.29, 1.82) is 0 Å². The molecule has 15 heavy (non-hydrogen) atoms. The lowest BCUT2D eigenvalue weighted by Gasteiger charge is -2.20. The summed E-state index contributed by atoms with van der Waals surface area (Å²) in [6.45, 7) is 2.15. The normalized spacial score (nSPS) is 13.7. The highest BCUT2D eigenvalue weighted by Crippen LogP contribution is 2.03. The van der Waals surface area contributed by atoms with Gasteiger partial charge in [-0.05, 0) is 24.3 Å². The van der Waals surface area contributed by atoms with Gasteiger partial charge in [-0.25, -0.2) is 0 Å². The Hall–Kier alpha value is -1.21. The molecule has 0 saturated heterocycles. The lowest BCUT2D eigenvalue weighted by Crippen LogP contribution is -2.21. The summed E-state index contributed by atoms with van der Waals surface area (Å²) in [6, 6.07) is 10.6. The summed E-state index contributed by atoms with van der Waals surface area (Å²) in [6.07, 6.45) is 9.65. The molecule has 0 fully saturated rings. The Labute approximate surface area is 97.5 Å². The smallest absolute Gasteiger partial charge is 0.0357 e. The van der Waals surface area contributed by atoms with E-state index in [-0.39, 0.29) is 12.4 Å². The first-order valence-electron chi connectivity index (χ1n) is 5.06. The second kappa shape index (κ2) is 6.31. The Morgan fingerprint density at radius 2 is 1.87 bits per heavy atom. The average Bonchev–Trinajstić information content (AvgIpc) is 2.29. The van der Waals surface area contributed by atoms with Crippen LogP contribution in [-0.4, -0.2) is 18.0 Å². The van der Waals surface area contributed by atoms with E-state index in [0.717, 1.165) is 19.5 Å². The van der Waals surface area contributed by atoms with Crippen molar-refractivity contribution in [3.05, 3.63) is 60.3 Å². The van der Waals surface area contributed by atoms with E-state index in [9.17, 15) is 0 Å². The third kappa shape index (κ3) is 3.80. The van der Waals surface area contributed by atoms with E-state index in [1.165, 1.54) is 5.56 Å². The van der Waals surface area contributed by atoms with Crippen molar-refractivity contribution in [2.75, 3.05) is 13.1 Å². The number of hydrogen-bond donors (Lipinski definition) is 0. The minimum absolute atomic E-state index is 0. The molecule has 80 valence electrons. The van der Waals surface area contributed by atoms with E-state index in [1.807, 2.05) is 0 Å². The highest BCUT2D eigenvalue weighted by molar-refractivity contribution is 5.85. The Kier molecular flexibility index (Phi) is 4.99. The molecule has 0 saturated carbocycles. The largest absolute Gasteiger partial charge is 0.373 e. The second-order valence-electron chi connectivity index (χ2n) is 3.50. The number of hydrogen-bond acceptors (Lipinski definition) is 1. The monoisotopic (exact) mass is 221 g/mol. The zero-order valence-corrected chi connectivity index (χ0v) is 9.49. The third-order valence-electron chi connectivity index (χ3n) is 2.41. The Morgan fingerprint density at radius 1 is 1.07 bits per heavy atom. The van der Waals surface area contributed by atoms with E-state index < -0.39 is 0 Å². The summed E-state index contributed by atoms with van der Waals surface area (Å²) in [5.74, 6) is 0. The van der Waals surface area contributed by atoms with Crippen molar-refractivity contribution in [2.24, 2.45) is 0 Å². The summed E-state index contributed by atoms with van der Waals surface area (Å²) in [5, 5.41) is 0. The predicted molar refractivity (Wildman–Crippen MR) is 67.2 cm³/mol. The molecular weight excluding hydrogens is 206 g/mol. The number of nitrogens with zero attached hydrogens (tertiary/aromatic N) is 1. The maximum absolute atomic E-state index is 2.33. The molecule has 1 aromatic carbocycles. The molecule has 0 aliphatic carbocycles. The second-order valence-corrected chi connectivity index (χ2v) is 3.50. The zero-order chi connectivity index (χ0) is 9.64. The summed E-state index contributed by atoms with van der Waals surface area (Å²) in [4.78, 5) is 2.33. The summed E-state index contributed by atoms with van der Waals surface area (Å²) in [7, 11) is 0. The van der Waals surface area contributed by atoms with Gasteiger partial charge in [0, 0.05) is 13.1 Å². The van der Waals surface area contributed by atoms with E-state index in [0.29, 0.717) is 0 Å². The SMILES string of the molecule is C1=CCN(CCc2ccccc2)C=C1.Cl. The number of rotatable bonds is 3. The minimum atomic E-state index is 0. The van der Waals surface area contributed by atoms with Crippen LogP contribution in [0, 0.1) is 0 Å². The van der Waals surface area contributed by atoms with Gasteiger partial charge in [-0.2, -0.15) is 0 Å². The molecule has 0 spiro atoms. The highest BCUT2D eigenvalue weighted by Gasteiger charge is 1.99. The van der Waals surface area contributed by atoms with Gasteiger partial charge in [-0.1, -0.05) is 42.5 Å². The van der Waals surface area contributed by atoms with Crippen LogP contribution in [0.1, 0.15) is 5.56 Å². The van der Waals surface area contributed by atoms with Crippen LogP contribution in [0.3, 0.4) is 0 Å². The van der Waals surface area contributed by atoms with Gasteiger partial charge in [-0.15, -0.1) is 12.4 Å². The van der Waals surface area contributed by atoms with Crippen molar-refractivity contribution in [3.8, 4) is 0 Å². The molecule has 1 aromatic rings. The average molecular weight is 222 g/mol. The lowest BCUT2D eigenvalue weighted by atomic mass is 10.1. The number of benzene rings is 1. The van der Waals surface area contributed by atoms with Crippen molar-refractivity contribution in [2.45, 2.75) is 6.42 Å². The predicted octanol–water partition coefficient (Wildman–Crippen LogP) is 3.04. The molecule has 0 amide bonds. The van der Waals surface area contributed by atoms with Gasteiger partial charge in [0.2, 0.25) is 0 Å². The molecule has 0 radical (unpaired) electrons. The van der Waals surface area contributed by atoms with Gasteiger partial charge in [0.25, 0.3) is 0 Å². The summed E-state index contributed by atoms with van der Waals surface area (Å²) >= 11 is 0. The van der Waals surface area contributed by atoms with Crippen LogP contribution in [0.2, 0.25) is 0 Å². The van der Waals surface area contributed by atoms with Crippen molar-refractivity contribution < 1.29 is 0 Å². The van der Waals surface area contributed by atoms with Gasteiger partial charge in [0.1, 0.15) is 0 Å². The van der Waals surface area contributed by atoms with E-state index >= 15 is 0 Å². The maximum atomic E-state index is 2.33. The molecule has 0 N–H and O–H groups in total. The van der Waals surface area contributed by atoms with Crippen LogP contribution < -0.4 is 0 Å². The Balaban J connectivity index is 0.00000112. The first-order chi connectivity index (χ1) is 6.95.